The maximum absolute atomic E-state index is 13.2. The molecule has 1 aliphatic carbocycles. The predicted octanol–water partition coefficient (Wildman–Crippen LogP) is 5.40. The zero-order valence-electron chi connectivity index (χ0n) is 21.5. The minimum Gasteiger partial charge on any atom is -0.322 e. The van der Waals surface area contributed by atoms with Gasteiger partial charge in [0.2, 0.25) is 0 Å². The lowest BCUT2D eigenvalue weighted by Crippen LogP contribution is -2.43. The highest BCUT2D eigenvalue weighted by Gasteiger charge is 2.35. The molecule has 1 saturated carbocycles. The average Bonchev–Trinajstić information content (AvgIpc) is 3.32. The summed E-state index contributed by atoms with van der Waals surface area (Å²) in [4.78, 5) is 18.8. The fourth-order valence-electron chi connectivity index (χ4n) is 5.67. The largest absolute Gasteiger partial charge is 0.322 e. The number of nitrogens with one attached hydrogen (secondary N) is 1. The molecule has 5 rings (SSSR count). The Labute approximate surface area is 212 Å². The molecule has 1 atom stereocenters. The second kappa shape index (κ2) is 10.7. The Morgan fingerprint density at radius 2 is 1.83 bits per heavy atom. The van der Waals surface area contributed by atoms with Gasteiger partial charge in [0.25, 0.3) is 5.56 Å². The number of pyridine rings is 1. The highest BCUT2D eigenvalue weighted by atomic mass is 16.1. The molecule has 2 aromatic carbocycles. The van der Waals surface area contributed by atoms with Crippen molar-refractivity contribution < 1.29 is 0 Å². The van der Waals surface area contributed by atoms with E-state index >= 15 is 0 Å². The van der Waals surface area contributed by atoms with E-state index in [-0.39, 0.29) is 17.5 Å². The first kappa shape index (κ1) is 24.4. The van der Waals surface area contributed by atoms with E-state index in [1.165, 1.54) is 30.4 Å². The summed E-state index contributed by atoms with van der Waals surface area (Å²) in [6.45, 7) is 7.75. The van der Waals surface area contributed by atoms with E-state index in [4.69, 9.17) is 0 Å². The SMILES string of the molecule is Cc1ccc2[nH]c(=O)c(CN(C3CCCCC3)[C@@H](c3nnnn3Cc3ccccc3)C(C)C)cc2c1. The third-order valence-electron chi connectivity index (χ3n) is 7.46. The normalized spacial score (nSPS) is 15.7. The number of rotatable bonds is 8. The number of hydrogen-bond donors (Lipinski definition) is 1. The van der Waals surface area contributed by atoms with E-state index < -0.39 is 0 Å². The summed E-state index contributed by atoms with van der Waals surface area (Å²) < 4.78 is 1.93. The fraction of sp³-hybridized carbons (Fsp3) is 0.448. The van der Waals surface area contributed by atoms with Crippen molar-refractivity contribution in [3.8, 4) is 0 Å². The van der Waals surface area contributed by atoms with Crippen molar-refractivity contribution in [1.29, 1.82) is 0 Å². The number of nitrogens with zero attached hydrogens (tertiary/aromatic N) is 5. The molecule has 7 heteroatoms. The summed E-state index contributed by atoms with van der Waals surface area (Å²) in [5, 5.41) is 14.1. The van der Waals surface area contributed by atoms with Gasteiger partial charge in [0.1, 0.15) is 0 Å². The molecular weight excluding hydrogens is 448 g/mol. The van der Waals surface area contributed by atoms with Crippen LogP contribution in [-0.4, -0.2) is 36.1 Å². The van der Waals surface area contributed by atoms with Gasteiger partial charge >= 0.3 is 0 Å². The molecule has 1 N–H and O–H groups in total. The first-order valence-electron chi connectivity index (χ1n) is 13.2. The number of hydrogen-bond acceptors (Lipinski definition) is 5. The molecule has 2 aromatic heterocycles. The van der Waals surface area contributed by atoms with Crippen molar-refractivity contribution in [2.24, 2.45) is 5.92 Å². The Balaban J connectivity index is 1.54. The quantitative estimate of drug-likeness (QED) is 0.362. The maximum Gasteiger partial charge on any atom is 0.252 e. The van der Waals surface area contributed by atoms with E-state index in [0.717, 1.165) is 35.1 Å². The molecule has 0 amide bonds. The summed E-state index contributed by atoms with van der Waals surface area (Å²) in [6, 6.07) is 18.9. The van der Waals surface area contributed by atoms with Crippen molar-refractivity contribution in [3.05, 3.63) is 87.5 Å². The van der Waals surface area contributed by atoms with Crippen molar-refractivity contribution in [2.45, 2.75) is 78.0 Å². The second-order valence-electron chi connectivity index (χ2n) is 10.5. The van der Waals surface area contributed by atoms with E-state index in [1.807, 2.05) is 35.0 Å². The van der Waals surface area contributed by atoms with Gasteiger partial charge in [0, 0.05) is 23.7 Å². The Morgan fingerprint density at radius 3 is 2.58 bits per heavy atom. The van der Waals surface area contributed by atoms with Gasteiger partial charge in [-0.3, -0.25) is 9.69 Å². The first-order valence-corrected chi connectivity index (χ1v) is 13.2. The third-order valence-corrected chi connectivity index (χ3v) is 7.46. The number of aromatic nitrogens is 5. The van der Waals surface area contributed by atoms with Crippen LogP contribution in [0, 0.1) is 12.8 Å². The average molecular weight is 485 g/mol. The second-order valence-corrected chi connectivity index (χ2v) is 10.5. The Bertz CT molecular complexity index is 1350. The van der Waals surface area contributed by atoms with Gasteiger partial charge in [-0.25, -0.2) is 4.68 Å². The number of benzene rings is 2. The Kier molecular flexibility index (Phi) is 7.28. The maximum atomic E-state index is 13.2. The monoisotopic (exact) mass is 484 g/mol. The topological polar surface area (TPSA) is 79.7 Å². The number of aromatic amines is 1. The molecule has 0 bridgehead atoms. The van der Waals surface area contributed by atoms with Crippen LogP contribution in [-0.2, 0) is 13.1 Å². The minimum atomic E-state index is -0.0152. The smallest absolute Gasteiger partial charge is 0.252 e. The first-order chi connectivity index (χ1) is 17.5. The molecule has 4 aromatic rings. The van der Waals surface area contributed by atoms with Crippen molar-refractivity contribution in [2.75, 3.05) is 0 Å². The van der Waals surface area contributed by atoms with E-state index in [9.17, 15) is 4.79 Å². The molecule has 1 fully saturated rings. The van der Waals surface area contributed by atoms with Crippen LogP contribution >= 0.6 is 0 Å². The van der Waals surface area contributed by atoms with Gasteiger partial charge in [0.15, 0.2) is 5.82 Å². The van der Waals surface area contributed by atoms with Gasteiger partial charge in [-0.1, -0.05) is 75.1 Å². The number of H-pyrrole nitrogens is 1. The molecule has 0 aliphatic heterocycles. The van der Waals surface area contributed by atoms with Gasteiger partial charge in [0.05, 0.1) is 12.6 Å². The molecule has 0 spiro atoms. The summed E-state index contributed by atoms with van der Waals surface area (Å²) in [7, 11) is 0. The van der Waals surface area contributed by atoms with Gasteiger partial charge < -0.3 is 4.98 Å². The standard InChI is InChI=1S/C29H36N6O/c1-20(2)27(28-31-32-33-35(28)18-22-10-6-4-7-11-22)34(25-12-8-5-9-13-25)19-24-17-23-16-21(3)14-15-26(23)30-29(24)36/h4,6-7,10-11,14-17,20,25,27H,5,8-9,12-13,18-19H2,1-3H3,(H,30,36)/t27-/m1/s1. The molecule has 1 aliphatic rings. The van der Waals surface area contributed by atoms with E-state index in [0.29, 0.717) is 19.1 Å². The summed E-state index contributed by atoms with van der Waals surface area (Å²) in [6.07, 6.45) is 5.98. The molecular formula is C29H36N6O. The van der Waals surface area contributed by atoms with Crippen LogP contribution in [0.1, 0.15) is 74.5 Å². The lowest BCUT2D eigenvalue weighted by molar-refractivity contribution is 0.0611. The number of aryl methyl sites for hydroxylation is 1. The number of tetrazole rings is 1. The molecule has 36 heavy (non-hydrogen) atoms. The summed E-state index contributed by atoms with van der Waals surface area (Å²) in [5.41, 5.74) is 4.01. The van der Waals surface area contributed by atoms with Gasteiger partial charge in [-0.2, -0.15) is 0 Å². The van der Waals surface area contributed by atoms with Crippen molar-refractivity contribution >= 4 is 10.9 Å². The van der Waals surface area contributed by atoms with Crippen LogP contribution in [0.4, 0.5) is 0 Å². The molecule has 7 nitrogen and oxygen atoms in total. The summed E-state index contributed by atoms with van der Waals surface area (Å²) >= 11 is 0. The highest BCUT2D eigenvalue weighted by Crippen LogP contribution is 2.35. The van der Waals surface area contributed by atoms with Crippen LogP contribution in [0.5, 0.6) is 0 Å². The third kappa shape index (κ3) is 5.26. The lowest BCUT2D eigenvalue weighted by Gasteiger charge is -2.41. The zero-order valence-corrected chi connectivity index (χ0v) is 21.5. The van der Waals surface area contributed by atoms with Crippen LogP contribution in [0.3, 0.4) is 0 Å². The molecule has 188 valence electrons. The molecule has 0 unspecified atom stereocenters. The van der Waals surface area contributed by atoms with Crippen molar-refractivity contribution in [3.63, 3.8) is 0 Å². The van der Waals surface area contributed by atoms with E-state index in [2.05, 4.69) is 70.4 Å². The zero-order chi connectivity index (χ0) is 25.1. The van der Waals surface area contributed by atoms with Crippen LogP contribution < -0.4 is 5.56 Å². The molecule has 0 saturated heterocycles. The highest BCUT2D eigenvalue weighted by molar-refractivity contribution is 5.79. The van der Waals surface area contributed by atoms with Crippen LogP contribution in [0.15, 0.2) is 59.4 Å². The Morgan fingerprint density at radius 1 is 1.06 bits per heavy atom. The number of fused-ring (bicyclic) bond motifs is 1. The van der Waals surface area contributed by atoms with Gasteiger partial charge in [-0.05, 0) is 65.3 Å². The minimum absolute atomic E-state index is 0.000538. The predicted molar refractivity (Wildman–Crippen MR) is 143 cm³/mol. The molecule has 0 radical (unpaired) electrons. The van der Waals surface area contributed by atoms with Gasteiger partial charge in [-0.15, -0.1) is 5.10 Å². The lowest BCUT2D eigenvalue weighted by atomic mass is 9.90. The fourth-order valence-corrected chi connectivity index (χ4v) is 5.67. The molecule has 2 heterocycles. The summed E-state index contributed by atoms with van der Waals surface area (Å²) in [5.74, 6) is 1.14. The Hall–Kier alpha value is -3.32. The van der Waals surface area contributed by atoms with Crippen LogP contribution in [0.2, 0.25) is 0 Å². The van der Waals surface area contributed by atoms with Crippen molar-refractivity contribution in [1.82, 2.24) is 30.1 Å². The van der Waals surface area contributed by atoms with Crippen LogP contribution in [0.25, 0.3) is 10.9 Å². The van der Waals surface area contributed by atoms with E-state index in [1.54, 1.807) is 0 Å².